The van der Waals surface area contributed by atoms with Crippen molar-refractivity contribution in [2.45, 2.75) is 38.5 Å². The second-order valence-electron chi connectivity index (χ2n) is 3.23. The van der Waals surface area contributed by atoms with E-state index in [1.165, 1.54) is 32.1 Å². The van der Waals surface area contributed by atoms with Crippen molar-refractivity contribution in [3.8, 4) is 0 Å². The molecular formula is C8H14INO. The third-order valence-corrected chi connectivity index (χ3v) is 2.91. The molecule has 1 saturated carbocycles. The maximum atomic E-state index is 11.0. The van der Waals surface area contributed by atoms with Crippen LogP contribution >= 0.6 is 22.9 Å². The van der Waals surface area contributed by atoms with E-state index in [0.717, 1.165) is 6.42 Å². The minimum Gasteiger partial charge on any atom is -0.299 e. The highest BCUT2D eigenvalue weighted by Crippen LogP contribution is 2.25. The normalized spacial score (nSPS) is 19.7. The number of carbonyl (C=O) groups excluding carboxylic acids is 1. The number of carbonyl (C=O) groups is 1. The van der Waals surface area contributed by atoms with Crippen molar-refractivity contribution in [2.24, 2.45) is 5.92 Å². The molecule has 0 aromatic rings. The van der Waals surface area contributed by atoms with Crippen LogP contribution in [0.5, 0.6) is 0 Å². The molecule has 0 bridgehead atoms. The van der Waals surface area contributed by atoms with Gasteiger partial charge in [0.05, 0.1) is 22.9 Å². The van der Waals surface area contributed by atoms with Crippen molar-refractivity contribution in [1.29, 1.82) is 0 Å². The van der Waals surface area contributed by atoms with Gasteiger partial charge in [-0.2, -0.15) is 0 Å². The fourth-order valence-electron chi connectivity index (χ4n) is 1.69. The van der Waals surface area contributed by atoms with Crippen LogP contribution in [-0.2, 0) is 4.79 Å². The van der Waals surface area contributed by atoms with E-state index >= 15 is 0 Å². The van der Waals surface area contributed by atoms with Crippen molar-refractivity contribution in [2.75, 3.05) is 0 Å². The lowest BCUT2D eigenvalue weighted by molar-refractivity contribution is -0.119. The van der Waals surface area contributed by atoms with Crippen LogP contribution in [0.4, 0.5) is 0 Å². The van der Waals surface area contributed by atoms with Crippen molar-refractivity contribution in [3.63, 3.8) is 0 Å². The highest BCUT2D eigenvalue weighted by atomic mass is 127. The van der Waals surface area contributed by atoms with Gasteiger partial charge in [-0.15, -0.1) is 0 Å². The Morgan fingerprint density at radius 2 is 2.00 bits per heavy atom. The number of hydrogen-bond donors (Lipinski definition) is 1. The summed E-state index contributed by atoms with van der Waals surface area (Å²) in [5, 5.41) is 0. The summed E-state index contributed by atoms with van der Waals surface area (Å²) in [5.41, 5.74) is 0. The highest BCUT2D eigenvalue weighted by molar-refractivity contribution is 14.1. The van der Waals surface area contributed by atoms with Gasteiger partial charge in [0, 0.05) is 6.42 Å². The largest absolute Gasteiger partial charge is 0.299 e. The Bertz CT molecular complexity index is 132. The third-order valence-electron chi connectivity index (χ3n) is 2.30. The predicted molar refractivity (Wildman–Crippen MR) is 53.4 cm³/mol. The minimum absolute atomic E-state index is 0.192. The van der Waals surface area contributed by atoms with Crippen molar-refractivity contribution in [1.82, 2.24) is 3.53 Å². The number of halogens is 1. The Balaban J connectivity index is 2.19. The number of hydrogen-bond acceptors (Lipinski definition) is 1. The van der Waals surface area contributed by atoms with Crippen LogP contribution in [0.1, 0.15) is 38.5 Å². The average molecular weight is 267 g/mol. The van der Waals surface area contributed by atoms with Crippen LogP contribution in [0.2, 0.25) is 0 Å². The van der Waals surface area contributed by atoms with Crippen LogP contribution in [0.25, 0.3) is 0 Å². The molecule has 11 heavy (non-hydrogen) atoms. The predicted octanol–water partition coefficient (Wildman–Crippen LogP) is 2.42. The summed E-state index contributed by atoms with van der Waals surface area (Å²) in [6.07, 6.45) is 7.25. The Morgan fingerprint density at radius 3 is 2.55 bits per heavy atom. The van der Waals surface area contributed by atoms with Gasteiger partial charge in [-0.1, -0.05) is 19.3 Å². The van der Waals surface area contributed by atoms with Gasteiger partial charge in [0.15, 0.2) is 0 Å². The standard InChI is InChI=1S/C8H14INO/c9-10-8(11)6-7-4-2-1-3-5-7/h7H,1-6H2,(H,10,11). The Morgan fingerprint density at radius 1 is 1.36 bits per heavy atom. The van der Waals surface area contributed by atoms with Crippen LogP contribution in [0, 0.1) is 5.92 Å². The van der Waals surface area contributed by atoms with Crippen LogP contribution < -0.4 is 3.53 Å². The molecule has 0 aromatic heterocycles. The monoisotopic (exact) mass is 267 g/mol. The Kier molecular flexibility index (Phi) is 4.18. The molecular weight excluding hydrogens is 253 g/mol. The first-order chi connectivity index (χ1) is 5.33. The number of nitrogens with one attached hydrogen (secondary N) is 1. The first-order valence-electron chi connectivity index (χ1n) is 4.22. The average Bonchev–Trinajstić information content (AvgIpc) is 2.06. The van der Waals surface area contributed by atoms with Gasteiger partial charge in [-0.05, 0) is 18.8 Å². The molecule has 0 atom stereocenters. The molecule has 1 aliphatic carbocycles. The van der Waals surface area contributed by atoms with E-state index in [9.17, 15) is 4.79 Å². The van der Waals surface area contributed by atoms with Gasteiger partial charge >= 0.3 is 0 Å². The summed E-state index contributed by atoms with van der Waals surface area (Å²) in [5.74, 6) is 0.857. The molecule has 2 nitrogen and oxygen atoms in total. The topological polar surface area (TPSA) is 29.1 Å². The Hall–Kier alpha value is 0.200. The van der Waals surface area contributed by atoms with Crippen LogP contribution in [-0.4, -0.2) is 5.91 Å². The molecule has 0 spiro atoms. The van der Waals surface area contributed by atoms with Gasteiger partial charge in [0.25, 0.3) is 0 Å². The zero-order valence-electron chi connectivity index (χ0n) is 6.61. The maximum absolute atomic E-state index is 11.0. The molecule has 0 saturated heterocycles. The molecule has 0 heterocycles. The molecule has 1 N–H and O–H groups in total. The zero-order valence-corrected chi connectivity index (χ0v) is 8.76. The molecule has 0 aromatic carbocycles. The van der Waals surface area contributed by atoms with E-state index < -0.39 is 0 Å². The molecule has 64 valence electrons. The van der Waals surface area contributed by atoms with Crippen molar-refractivity contribution in [3.05, 3.63) is 0 Å². The smallest absolute Gasteiger partial charge is 0.228 e. The SMILES string of the molecule is O=C(CC1CCCCC1)NI. The van der Waals surface area contributed by atoms with Gasteiger partial charge in [0.2, 0.25) is 5.91 Å². The van der Waals surface area contributed by atoms with Crippen molar-refractivity contribution >= 4 is 28.8 Å². The maximum Gasteiger partial charge on any atom is 0.228 e. The molecule has 1 amide bonds. The summed E-state index contributed by atoms with van der Waals surface area (Å²) < 4.78 is 2.64. The zero-order chi connectivity index (χ0) is 8.10. The summed E-state index contributed by atoms with van der Waals surface area (Å²) in [4.78, 5) is 11.0. The van der Waals surface area contributed by atoms with E-state index in [0.29, 0.717) is 5.92 Å². The fraction of sp³-hybridized carbons (Fsp3) is 0.875. The van der Waals surface area contributed by atoms with E-state index in [1.807, 2.05) is 22.9 Å². The van der Waals surface area contributed by atoms with Gasteiger partial charge in [0.1, 0.15) is 0 Å². The quantitative estimate of drug-likeness (QED) is 0.604. The first-order valence-corrected chi connectivity index (χ1v) is 5.30. The molecule has 0 aliphatic heterocycles. The highest BCUT2D eigenvalue weighted by Gasteiger charge is 2.15. The Labute approximate surface area is 81.6 Å². The lowest BCUT2D eigenvalue weighted by Gasteiger charge is -2.19. The lowest BCUT2D eigenvalue weighted by Crippen LogP contribution is -2.18. The lowest BCUT2D eigenvalue weighted by atomic mass is 9.87. The molecule has 3 heteroatoms. The second-order valence-corrected chi connectivity index (χ2v) is 3.77. The second kappa shape index (κ2) is 4.95. The van der Waals surface area contributed by atoms with Gasteiger partial charge in [-0.25, -0.2) is 0 Å². The molecule has 1 aliphatic rings. The third kappa shape index (κ3) is 3.40. The number of rotatable bonds is 2. The summed E-state index contributed by atoms with van der Waals surface area (Å²) in [7, 11) is 0. The van der Waals surface area contributed by atoms with Crippen molar-refractivity contribution < 1.29 is 4.79 Å². The summed E-state index contributed by atoms with van der Waals surface area (Å²) in [6.45, 7) is 0. The fourth-order valence-corrected chi connectivity index (χ4v) is 1.91. The minimum atomic E-state index is 0.192. The van der Waals surface area contributed by atoms with Gasteiger partial charge in [-0.3, -0.25) is 8.32 Å². The molecule has 0 radical (unpaired) electrons. The van der Waals surface area contributed by atoms with Crippen LogP contribution in [0.3, 0.4) is 0 Å². The van der Waals surface area contributed by atoms with E-state index in [4.69, 9.17) is 0 Å². The summed E-state index contributed by atoms with van der Waals surface area (Å²) in [6, 6.07) is 0. The van der Waals surface area contributed by atoms with Gasteiger partial charge < -0.3 is 0 Å². The van der Waals surface area contributed by atoms with E-state index in [-0.39, 0.29) is 5.91 Å². The van der Waals surface area contributed by atoms with E-state index in [1.54, 1.807) is 0 Å². The molecule has 1 rings (SSSR count). The first kappa shape index (κ1) is 9.29. The summed E-state index contributed by atoms with van der Waals surface area (Å²) >= 11 is 1.91. The molecule has 1 fully saturated rings. The van der Waals surface area contributed by atoms with Crippen LogP contribution in [0.15, 0.2) is 0 Å². The molecule has 0 unspecified atom stereocenters. The van der Waals surface area contributed by atoms with E-state index in [2.05, 4.69) is 3.53 Å². The number of amides is 1.